The Morgan fingerprint density at radius 3 is 2.67 bits per heavy atom. The maximum atomic E-state index is 11.5. The molecule has 21 heavy (non-hydrogen) atoms. The molecule has 1 heterocycles. The second-order valence-corrected chi connectivity index (χ2v) is 5.58. The van der Waals surface area contributed by atoms with E-state index in [9.17, 15) is 4.79 Å². The molecule has 0 unspecified atom stereocenters. The molecule has 2 aromatic rings. The number of methoxy groups -OCH3 is 1. The average Bonchev–Trinajstić information content (AvgIpc) is 2.52. The van der Waals surface area contributed by atoms with Crippen LogP contribution in [0.25, 0.3) is 0 Å². The summed E-state index contributed by atoms with van der Waals surface area (Å²) in [5.41, 5.74) is 1.17. The van der Waals surface area contributed by atoms with Gasteiger partial charge < -0.3 is 10.1 Å². The summed E-state index contributed by atoms with van der Waals surface area (Å²) >= 11 is 1.79. The van der Waals surface area contributed by atoms with Crippen LogP contribution in [0, 0.1) is 6.92 Å². The number of rotatable bonds is 6. The zero-order chi connectivity index (χ0) is 15.1. The summed E-state index contributed by atoms with van der Waals surface area (Å²) in [6.07, 6.45) is 0. The van der Waals surface area contributed by atoms with Gasteiger partial charge in [-0.05, 0) is 31.2 Å². The van der Waals surface area contributed by atoms with Gasteiger partial charge in [-0.3, -0.25) is 0 Å². The minimum atomic E-state index is -0.355. The van der Waals surface area contributed by atoms with Gasteiger partial charge in [-0.25, -0.2) is 9.78 Å². The number of carbonyl (C=O) groups is 1. The lowest BCUT2D eigenvalue weighted by atomic mass is 10.2. The molecular weight excluding hydrogens is 284 g/mol. The highest BCUT2D eigenvalue weighted by Gasteiger charge is 2.10. The maximum Gasteiger partial charge on any atom is 0.339 e. The van der Waals surface area contributed by atoms with Gasteiger partial charge in [0.25, 0.3) is 0 Å². The van der Waals surface area contributed by atoms with E-state index in [0.717, 1.165) is 18.1 Å². The SMILES string of the molecule is COC(=O)c1ccc(NCCSc2ccccc2)nc1C. The van der Waals surface area contributed by atoms with Crippen molar-refractivity contribution in [2.75, 3.05) is 24.7 Å². The van der Waals surface area contributed by atoms with Crippen molar-refractivity contribution in [1.82, 2.24) is 4.98 Å². The number of anilines is 1. The van der Waals surface area contributed by atoms with Crippen molar-refractivity contribution in [3.8, 4) is 0 Å². The molecule has 4 nitrogen and oxygen atoms in total. The van der Waals surface area contributed by atoms with Gasteiger partial charge >= 0.3 is 5.97 Å². The van der Waals surface area contributed by atoms with Crippen LogP contribution in [0.1, 0.15) is 16.1 Å². The quantitative estimate of drug-likeness (QED) is 0.503. The van der Waals surface area contributed by atoms with Gasteiger partial charge in [-0.2, -0.15) is 0 Å². The van der Waals surface area contributed by atoms with Gasteiger partial charge in [-0.15, -0.1) is 11.8 Å². The number of benzene rings is 1. The van der Waals surface area contributed by atoms with Crippen LogP contribution in [-0.2, 0) is 4.74 Å². The van der Waals surface area contributed by atoms with E-state index in [-0.39, 0.29) is 5.97 Å². The lowest BCUT2D eigenvalue weighted by Crippen LogP contribution is -2.09. The lowest BCUT2D eigenvalue weighted by molar-refractivity contribution is 0.0599. The Bertz CT molecular complexity index is 602. The van der Waals surface area contributed by atoms with Crippen LogP contribution in [0.15, 0.2) is 47.4 Å². The van der Waals surface area contributed by atoms with Gasteiger partial charge in [0.1, 0.15) is 5.82 Å². The summed E-state index contributed by atoms with van der Waals surface area (Å²) in [7, 11) is 1.37. The van der Waals surface area contributed by atoms with Crippen LogP contribution < -0.4 is 5.32 Å². The van der Waals surface area contributed by atoms with Crippen LogP contribution in [0.2, 0.25) is 0 Å². The molecule has 0 aliphatic carbocycles. The molecule has 1 aromatic carbocycles. The third-order valence-corrected chi connectivity index (χ3v) is 3.92. The monoisotopic (exact) mass is 302 g/mol. The highest BCUT2D eigenvalue weighted by Crippen LogP contribution is 2.17. The highest BCUT2D eigenvalue weighted by molar-refractivity contribution is 7.99. The molecule has 0 bridgehead atoms. The van der Waals surface area contributed by atoms with Gasteiger partial charge in [0.15, 0.2) is 0 Å². The Balaban J connectivity index is 1.84. The average molecular weight is 302 g/mol. The van der Waals surface area contributed by atoms with Gasteiger partial charge in [0.2, 0.25) is 0 Å². The molecular formula is C16H18N2O2S. The standard InChI is InChI=1S/C16H18N2O2S/c1-12-14(16(19)20-2)8-9-15(18-12)17-10-11-21-13-6-4-3-5-7-13/h3-9H,10-11H2,1-2H3,(H,17,18). The van der Waals surface area contributed by atoms with Crippen molar-refractivity contribution < 1.29 is 9.53 Å². The Morgan fingerprint density at radius 2 is 2.00 bits per heavy atom. The number of carbonyl (C=O) groups excluding carboxylic acids is 1. The number of thioether (sulfide) groups is 1. The molecule has 110 valence electrons. The number of aromatic nitrogens is 1. The summed E-state index contributed by atoms with van der Waals surface area (Å²) in [6, 6.07) is 13.8. The molecule has 0 aliphatic heterocycles. The van der Waals surface area contributed by atoms with E-state index in [1.807, 2.05) is 18.2 Å². The van der Waals surface area contributed by atoms with E-state index in [1.54, 1.807) is 30.8 Å². The maximum absolute atomic E-state index is 11.5. The van der Waals surface area contributed by atoms with E-state index in [2.05, 4.69) is 22.4 Å². The Kier molecular flexibility index (Phi) is 5.63. The third-order valence-electron chi connectivity index (χ3n) is 2.91. The number of ether oxygens (including phenoxy) is 1. The third kappa shape index (κ3) is 4.49. The van der Waals surface area contributed by atoms with Crippen LogP contribution in [0.4, 0.5) is 5.82 Å². The van der Waals surface area contributed by atoms with Crippen molar-refractivity contribution in [3.05, 3.63) is 53.7 Å². The summed E-state index contributed by atoms with van der Waals surface area (Å²) < 4.78 is 4.70. The Morgan fingerprint density at radius 1 is 1.24 bits per heavy atom. The zero-order valence-corrected chi connectivity index (χ0v) is 12.9. The second-order valence-electron chi connectivity index (χ2n) is 4.41. The first-order valence-electron chi connectivity index (χ1n) is 6.68. The molecule has 0 saturated carbocycles. The second kappa shape index (κ2) is 7.69. The zero-order valence-electron chi connectivity index (χ0n) is 12.1. The number of nitrogens with zero attached hydrogens (tertiary/aromatic N) is 1. The molecule has 5 heteroatoms. The number of aryl methyl sites for hydroxylation is 1. The first-order chi connectivity index (χ1) is 10.2. The minimum absolute atomic E-state index is 0.355. The number of esters is 1. The summed E-state index contributed by atoms with van der Waals surface area (Å²) in [5.74, 6) is 1.36. The van der Waals surface area contributed by atoms with E-state index < -0.39 is 0 Å². The van der Waals surface area contributed by atoms with E-state index in [0.29, 0.717) is 11.3 Å². The molecule has 0 radical (unpaired) electrons. The smallest absolute Gasteiger partial charge is 0.339 e. The molecule has 0 amide bonds. The predicted molar refractivity (Wildman–Crippen MR) is 86.0 cm³/mol. The molecule has 0 fully saturated rings. The highest BCUT2D eigenvalue weighted by atomic mass is 32.2. The van der Waals surface area contributed by atoms with Gasteiger partial charge in [-0.1, -0.05) is 18.2 Å². The minimum Gasteiger partial charge on any atom is -0.465 e. The molecule has 0 aliphatic rings. The fourth-order valence-electron chi connectivity index (χ4n) is 1.85. The topological polar surface area (TPSA) is 51.2 Å². The number of hydrogen-bond acceptors (Lipinski definition) is 5. The van der Waals surface area contributed by atoms with Gasteiger partial charge in [0.05, 0.1) is 18.4 Å². The lowest BCUT2D eigenvalue weighted by Gasteiger charge is -2.08. The summed E-state index contributed by atoms with van der Waals surface area (Å²) in [4.78, 5) is 17.1. The molecule has 0 atom stereocenters. The van der Waals surface area contributed by atoms with E-state index >= 15 is 0 Å². The number of nitrogens with one attached hydrogen (secondary N) is 1. The molecule has 1 N–H and O–H groups in total. The molecule has 2 rings (SSSR count). The van der Waals surface area contributed by atoms with E-state index in [4.69, 9.17) is 4.74 Å². The number of pyridine rings is 1. The van der Waals surface area contributed by atoms with Crippen molar-refractivity contribution in [3.63, 3.8) is 0 Å². The van der Waals surface area contributed by atoms with Crippen LogP contribution in [0.3, 0.4) is 0 Å². The van der Waals surface area contributed by atoms with E-state index in [1.165, 1.54) is 12.0 Å². The van der Waals surface area contributed by atoms with Crippen LogP contribution in [0.5, 0.6) is 0 Å². The van der Waals surface area contributed by atoms with Gasteiger partial charge in [0, 0.05) is 17.2 Å². The normalized spacial score (nSPS) is 10.2. The van der Waals surface area contributed by atoms with Crippen LogP contribution >= 0.6 is 11.8 Å². The van der Waals surface area contributed by atoms with Crippen molar-refractivity contribution in [2.24, 2.45) is 0 Å². The molecule has 0 saturated heterocycles. The first-order valence-corrected chi connectivity index (χ1v) is 7.67. The largest absolute Gasteiger partial charge is 0.465 e. The summed E-state index contributed by atoms with van der Waals surface area (Å²) in [5, 5.41) is 3.26. The first kappa shape index (κ1) is 15.4. The number of hydrogen-bond donors (Lipinski definition) is 1. The predicted octanol–water partition coefficient (Wildman–Crippen LogP) is 3.38. The molecule has 0 spiro atoms. The fraction of sp³-hybridized carbons (Fsp3) is 0.250. The fourth-order valence-corrected chi connectivity index (χ4v) is 2.64. The van der Waals surface area contributed by atoms with Crippen molar-refractivity contribution >= 4 is 23.5 Å². The Labute approximate surface area is 128 Å². The van der Waals surface area contributed by atoms with Crippen molar-refractivity contribution in [1.29, 1.82) is 0 Å². The van der Waals surface area contributed by atoms with Crippen molar-refractivity contribution in [2.45, 2.75) is 11.8 Å². The molecule has 1 aromatic heterocycles. The van der Waals surface area contributed by atoms with Crippen LogP contribution in [-0.4, -0.2) is 30.4 Å². The summed E-state index contributed by atoms with van der Waals surface area (Å²) in [6.45, 7) is 2.61. The Hall–Kier alpha value is -2.01.